The minimum atomic E-state index is -1.25. The normalized spacial score (nSPS) is 11.5. The van der Waals surface area contributed by atoms with E-state index in [9.17, 15) is 25.1 Å². The van der Waals surface area contributed by atoms with Crippen molar-refractivity contribution in [2.75, 3.05) is 0 Å². The second-order valence-corrected chi connectivity index (χ2v) is 7.32. The van der Waals surface area contributed by atoms with E-state index >= 15 is 0 Å². The fourth-order valence-corrected chi connectivity index (χ4v) is 3.30. The molecule has 0 saturated carbocycles. The molecule has 2 heterocycles. The van der Waals surface area contributed by atoms with E-state index in [4.69, 9.17) is 4.42 Å². The lowest BCUT2D eigenvalue weighted by atomic mass is 10.0. The first-order valence-corrected chi connectivity index (χ1v) is 9.56. The number of nitrogens with zero attached hydrogens (tertiary/aromatic N) is 2. The molecule has 3 N–H and O–H groups in total. The van der Waals surface area contributed by atoms with Crippen LogP contribution in [0, 0.1) is 25.2 Å². The number of hydrogen-bond donors (Lipinski definition) is 3. The first-order chi connectivity index (χ1) is 15.2. The first kappa shape index (κ1) is 20.6. The Kier molecular flexibility index (Phi) is 5.08. The highest BCUT2D eigenvalue weighted by molar-refractivity contribution is 5.96. The van der Waals surface area contributed by atoms with Crippen molar-refractivity contribution < 1.29 is 24.2 Å². The molecule has 0 aliphatic rings. The van der Waals surface area contributed by atoms with Gasteiger partial charge >= 0.3 is 11.9 Å². The van der Waals surface area contributed by atoms with E-state index in [1.54, 1.807) is 12.1 Å². The molecule has 0 unspecified atom stereocenters. The fraction of sp³-hybridized carbons (Fsp3) is 0.0833. The second-order valence-electron chi connectivity index (χ2n) is 7.32. The number of rotatable bonds is 5. The molecule has 8 heteroatoms. The number of furan rings is 1. The topological polar surface area (TPSA) is 140 Å². The van der Waals surface area contributed by atoms with E-state index in [2.05, 4.69) is 16.0 Å². The molecule has 4 rings (SSSR count). The standard InChI is InChI=1S/C24H17N3O5/c1-12-5-19-20(6-13(12)2)27-22(26-19)17(11-25)10-18-3-4-21(32-18)14-7-15(23(28)29)9-16(8-14)24(30)31/h3-10H,1-2H3,(H,26,27)(H,28,29)(H,30,31)/b17-10+. The molecule has 2 aromatic carbocycles. The highest BCUT2D eigenvalue weighted by Gasteiger charge is 2.15. The van der Waals surface area contributed by atoms with Crippen molar-refractivity contribution in [1.82, 2.24) is 9.97 Å². The zero-order valence-electron chi connectivity index (χ0n) is 17.1. The lowest BCUT2D eigenvalue weighted by molar-refractivity contribution is 0.0696. The van der Waals surface area contributed by atoms with E-state index in [0.717, 1.165) is 28.2 Å². The van der Waals surface area contributed by atoms with Gasteiger partial charge in [0.1, 0.15) is 23.4 Å². The number of imidazole rings is 1. The molecule has 32 heavy (non-hydrogen) atoms. The Labute approximate surface area is 182 Å². The number of allylic oxidation sites excluding steroid dienone is 1. The van der Waals surface area contributed by atoms with Crippen molar-refractivity contribution in [2.45, 2.75) is 13.8 Å². The fourth-order valence-electron chi connectivity index (χ4n) is 3.30. The predicted octanol–water partition coefficient (Wildman–Crippen LogP) is 4.90. The van der Waals surface area contributed by atoms with Crippen LogP contribution in [0.5, 0.6) is 0 Å². The van der Waals surface area contributed by atoms with Gasteiger partial charge in [-0.3, -0.25) is 0 Å². The maximum atomic E-state index is 11.3. The Balaban J connectivity index is 1.73. The van der Waals surface area contributed by atoms with E-state index in [0.29, 0.717) is 17.1 Å². The summed E-state index contributed by atoms with van der Waals surface area (Å²) >= 11 is 0. The number of carboxylic acid groups (broad SMARTS) is 2. The summed E-state index contributed by atoms with van der Waals surface area (Å²) in [6, 6.07) is 12.9. The highest BCUT2D eigenvalue weighted by atomic mass is 16.4. The molecule has 0 radical (unpaired) electrons. The van der Waals surface area contributed by atoms with E-state index < -0.39 is 11.9 Å². The molecule has 0 bridgehead atoms. The van der Waals surface area contributed by atoms with Crippen LogP contribution in [0.25, 0.3) is 34.0 Å². The van der Waals surface area contributed by atoms with Gasteiger partial charge in [-0.1, -0.05) is 0 Å². The average molecular weight is 427 g/mol. The monoisotopic (exact) mass is 427 g/mol. The van der Waals surface area contributed by atoms with Crippen molar-refractivity contribution in [3.63, 3.8) is 0 Å². The summed E-state index contributed by atoms with van der Waals surface area (Å²) in [4.78, 5) is 30.3. The zero-order valence-corrected chi connectivity index (χ0v) is 17.1. The molecule has 0 spiro atoms. The number of aromatic carboxylic acids is 2. The number of fused-ring (bicyclic) bond motifs is 1. The average Bonchev–Trinajstić information content (AvgIpc) is 3.38. The van der Waals surface area contributed by atoms with Crippen molar-refractivity contribution in [1.29, 1.82) is 5.26 Å². The quantitative estimate of drug-likeness (QED) is 0.385. The number of benzene rings is 2. The summed E-state index contributed by atoms with van der Waals surface area (Å²) in [5, 5.41) is 28.2. The van der Waals surface area contributed by atoms with Gasteiger partial charge in [-0.25, -0.2) is 14.6 Å². The molecule has 0 saturated heterocycles. The second kappa shape index (κ2) is 7.89. The van der Waals surface area contributed by atoms with Gasteiger partial charge in [-0.2, -0.15) is 5.26 Å². The minimum absolute atomic E-state index is 0.168. The summed E-state index contributed by atoms with van der Waals surface area (Å²) in [5.74, 6) is -1.49. The SMILES string of the molecule is Cc1cc2nc(/C(C#N)=C/c3ccc(-c4cc(C(=O)O)cc(C(=O)O)c4)o3)[nH]c2cc1C. The Bertz CT molecular complexity index is 1400. The molecular weight excluding hydrogens is 410 g/mol. The molecule has 8 nitrogen and oxygen atoms in total. The summed E-state index contributed by atoms with van der Waals surface area (Å²) in [6.07, 6.45) is 1.51. The van der Waals surface area contributed by atoms with Crippen LogP contribution < -0.4 is 0 Å². The predicted molar refractivity (Wildman–Crippen MR) is 117 cm³/mol. The number of aromatic nitrogens is 2. The van der Waals surface area contributed by atoms with Crippen molar-refractivity contribution in [3.05, 3.63) is 76.3 Å². The van der Waals surface area contributed by atoms with Crippen molar-refractivity contribution in [3.8, 4) is 17.4 Å². The third-order valence-electron chi connectivity index (χ3n) is 5.10. The van der Waals surface area contributed by atoms with Crippen LogP contribution in [0.1, 0.15) is 43.4 Å². The number of hydrogen-bond acceptors (Lipinski definition) is 5. The third-order valence-corrected chi connectivity index (χ3v) is 5.10. The molecule has 0 atom stereocenters. The van der Waals surface area contributed by atoms with Gasteiger partial charge in [0.15, 0.2) is 0 Å². The minimum Gasteiger partial charge on any atom is -0.478 e. The van der Waals surface area contributed by atoms with Crippen LogP contribution >= 0.6 is 0 Å². The first-order valence-electron chi connectivity index (χ1n) is 9.56. The Morgan fingerprint density at radius 1 is 1.03 bits per heavy atom. The molecule has 158 valence electrons. The smallest absolute Gasteiger partial charge is 0.335 e. The van der Waals surface area contributed by atoms with Crippen LogP contribution in [0.2, 0.25) is 0 Å². The number of aryl methyl sites for hydroxylation is 2. The molecule has 4 aromatic rings. The molecule has 0 aliphatic heterocycles. The Morgan fingerprint density at radius 2 is 1.69 bits per heavy atom. The highest BCUT2D eigenvalue weighted by Crippen LogP contribution is 2.28. The number of aromatic amines is 1. The Morgan fingerprint density at radius 3 is 2.31 bits per heavy atom. The number of H-pyrrole nitrogens is 1. The van der Waals surface area contributed by atoms with Crippen LogP contribution in [-0.4, -0.2) is 32.1 Å². The number of carboxylic acids is 2. The van der Waals surface area contributed by atoms with Crippen molar-refractivity contribution in [2.24, 2.45) is 0 Å². The summed E-state index contributed by atoms with van der Waals surface area (Å²) in [5.41, 5.74) is 3.98. The molecular formula is C24H17N3O5. The van der Waals surface area contributed by atoms with Gasteiger partial charge in [0.2, 0.25) is 0 Å². The maximum absolute atomic E-state index is 11.3. The van der Waals surface area contributed by atoms with Gasteiger partial charge in [0.05, 0.1) is 27.7 Å². The van der Waals surface area contributed by atoms with Gasteiger partial charge in [0.25, 0.3) is 0 Å². The maximum Gasteiger partial charge on any atom is 0.335 e. The van der Waals surface area contributed by atoms with Crippen molar-refractivity contribution >= 4 is 34.6 Å². The van der Waals surface area contributed by atoms with Crippen LogP contribution in [-0.2, 0) is 0 Å². The van der Waals surface area contributed by atoms with Crippen LogP contribution in [0.3, 0.4) is 0 Å². The third kappa shape index (κ3) is 3.87. The van der Waals surface area contributed by atoms with E-state index in [1.165, 1.54) is 18.2 Å². The molecule has 2 aromatic heterocycles. The number of nitriles is 1. The van der Waals surface area contributed by atoms with E-state index in [-0.39, 0.29) is 22.5 Å². The molecule has 0 aliphatic carbocycles. The summed E-state index contributed by atoms with van der Waals surface area (Å²) in [6.45, 7) is 3.99. The van der Waals surface area contributed by atoms with Crippen LogP contribution in [0.15, 0.2) is 46.9 Å². The molecule has 0 fully saturated rings. The molecule has 0 amide bonds. The van der Waals surface area contributed by atoms with E-state index in [1.807, 2.05) is 26.0 Å². The van der Waals surface area contributed by atoms with Crippen LogP contribution in [0.4, 0.5) is 0 Å². The van der Waals surface area contributed by atoms with Gasteiger partial charge < -0.3 is 19.6 Å². The Hall–Kier alpha value is -4.64. The van der Waals surface area contributed by atoms with Gasteiger partial charge in [-0.15, -0.1) is 0 Å². The zero-order chi connectivity index (χ0) is 23.0. The largest absolute Gasteiger partial charge is 0.478 e. The van der Waals surface area contributed by atoms with Gasteiger partial charge in [0, 0.05) is 11.6 Å². The number of carbonyl (C=O) groups is 2. The lowest BCUT2D eigenvalue weighted by Crippen LogP contribution is -2.02. The summed E-state index contributed by atoms with van der Waals surface area (Å²) < 4.78 is 5.75. The summed E-state index contributed by atoms with van der Waals surface area (Å²) in [7, 11) is 0. The number of nitrogens with one attached hydrogen (secondary N) is 1. The lowest BCUT2D eigenvalue weighted by Gasteiger charge is -2.03. The van der Waals surface area contributed by atoms with Gasteiger partial charge in [-0.05, 0) is 67.4 Å².